The smallest absolute Gasteiger partial charge is 0.264 e. The zero-order chi connectivity index (χ0) is 18.8. The fraction of sp³-hybridized carbons (Fsp3) is 0.263. The first-order chi connectivity index (χ1) is 12.4. The van der Waals surface area contributed by atoms with Crippen molar-refractivity contribution >= 4 is 16.9 Å². The van der Waals surface area contributed by atoms with Gasteiger partial charge in [0.25, 0.3) is 12.3 Å². The second-order valence-electron chi connectivity index (χ2n) is 5.90. The second-order valence-corrected chi connectivity index (χ2v) is 5.90. The Morgan fingerprint density at radius 2 is 2.00 bits per heavy atom. The number of fused-ring (bicyclic) bond motifs is 1. The van der Waals surface area contributed by atoms with Gasteiger partial charge in [-0.1, -0.05) is 18.2 Å². The average Bonchev–Trinajstić information content (AvgIpc) is 2.93. The van der Waals surface area contributed by atoms with Gasteiger partial charge in [0.1, 0.15) is 11.6 Å². The van der Waals surface area contributed by atoms with Gasteiger partial charge in [0.2, 0.25) is 0 Å². The lowest BCUT2D eigenvalue weighted by atomic mass is 10.1. The number of nitrogens with one attached hydrogen (secondary N) is 1. The second kappa shape index (κ2) is 7.11. The lowest BCUT2D eigenvalue weighted by molar-refractivity contribution is 0.0937. The third-order valence-electron chi connectivity index (χ3n) is 4.41. The highest BCUT2D eigenvalue weighted by Gasteiger charge is 2.19. The lowest BCUT2D eigenvalue weighted by Crippen LogP contribution is -2.24. The molecular formula is C19H19F2N3O2. The Morgan fingerprint density at radius 3 is 2.69 bits per heavy atom. The van der Waals surface area contributed by atoms with Crippen molar-refractivity contribution < 1.29 is 18.3 Å². The SMILES string of the molecule is COc1ccc2nc(C)n(C)c2c1CNC(=O)c1ccccc1C(F)F. The molecule has 5 nitrogen and oxygen atoms in total. The molecule has 1 aromatic heterocycles. The minimum absolute atomic E-state index is 0.0326. The summed E-state index contributed by atoms with van der Waals surface area (Å²) in [5.41, 5.74) is 2.05. The summed E-state index contributed by atoms with van der Waals surface area (Å²) in [6.07, 6.45) is -2.71. The maximum atomic E-state index is 13.1. The largest absolute Gasteiger partial charge is 0.496 e. The van der Waals surface area contributed by atoms with E-state index >= 15 is 0 Å². The van der Waals surface area contributed by atoms with Crippen LogP contribution in [0.25, 0.3) is 11.0 Å². The molecule has 26 heavy (non-hydrogen) atoms. The minimum Gasteiger partial charge on any atom is -0.496 e. The van der Waals surface area contributed by atoms with Gasteiger partial charge in [0.05, 0.1) is 18.1 Å². The Balaban J connectivity index is 1.94. The Kier molecular flexibility index (Phi) is 4.88. The number of hydrogen-bond donors (Lipinski definition) is 1. The van der Waals surface area contributed by atoms with Gasteiger partial charge in [-0.15, -0.1) is 0 Å². The number of nitrogens with zero attached hydrogens (tertiary/aromatic N) is 2. The van der Waals surface area contributed by atoms with Gasteiger partial charge in [-0.25, -0.2) is 13.8 Å². The number of rotatable bonds is 5. The molecule has 0 unspecified atom stereocenters. The molecule has 0 aliphatic carbocycles. The first-order valence-corrected chi connectivity index (χ1v) is 8.08. The van der Waals surface area contributed by atoms with Crippen molar-refractivity contribution in [2.75, 3.05) is 7.11 Å². The zero-order valence-corrected chi connectivity index (χ0v) is 14.7. The van der Waals surface area contributed by atoms with Crippen LogP contribution in [-0.4, -0.2) is 22.6 Å². The molecule has 2 aromatic carbocycles. The highest BCUT2D eigenvalue weighted by atomic mass is 19.3. The van der Waals surface area contributed by atoms with E-state index in [4.69, 9.17) is 4.74 Å². The molecule has 0 saturated heterocycles. The van der Waals surface area contributed by atoms with Gasteiger partial charge in [-0.3, -0.25) is 4.79 Å². The monoisotopic (exact) mass is 359 g/mol. The number of hydrogen-bond acceptors (Lipinski definition) is 3. The van der Waals surface area contributed by atoms with E-state index < -0.39 is 12.3 Å². The normalized spacial score (nSPS) is 11.2. The fourth-order valence-electron chi connectivity index (χ4n) is 3.00. The van der Waals surface area contributed by atoms with E-state index in [1.54, 1.807) is 19.2 Å². The molecule has 136 valence electrons. The maximum absolute atomic E-state index is 13.1. The van der Waals surface area contributed by atoms with Crippen molar-refractivity contribution in [2.24, 2.45) is 7.05 Å². The summed E-state index contributed by atoms with van der Waals surface area (Å²) in [4.78, 5) is 16.9. The van der Waals surface area contributed by atoms with Gasteiger partial charge in [-0.05, 0) is 25.1 Å². The predicted octanol–water partition coefficient (Wildman–Crippen LogP) is 3.76. The Bertz CT molecular complexity index is 967. The van der Waals surface area contributed by atoms with Crippen LogP contribution in [0.4, 0.5) is 8.78 Å². The molecule has 0 atom stereocenters. The zero-order valence-electron chi connectivity index (χ0n) is 14.7. The molecule has 0 radical (unpaired) electrons. The number of benzene rings is 2. The van der Waals surface area contributed by atoms with E-state index in [0.29, 0.717) is 5.75 Å². The summed E-state index contributed by atoms with van der Waals surface area (Å²) in [5, 5.41) is 2.72. The fourth-order valence-corrected chi connectivity index (χ4v) is 3.00. The van der Waals surface area contributed by atoms with Gasteiger partial charge in [-0.2, -0.15) is 0 Å². The van der Waals surface area contributed by atoms with Crippen LogP contribution in [0.5, 0.6) is 5.75 Å². The van der Waals surface area contributed by atoms with Crippen molar-refractivity contribution in [3.63, 3.8) is 0 Å². The molecule has 0 spiro atoms. The number of aryl methyl sites for hydroxylation is 2. The highest BCUT2D eigenvalue weighted by molar-refractivity contribution is 5.96. The third-order valence-corrected chi connectivity index (χ3v) is 4.41. The van der Waals surface area contributed by atoms with Gasteiger partial charge in [0.15, 0.2) is 0 Å². The number of methoxy groups -OCH3 is 1. The van der Waals surface area contributed by atoms with Crippen molar-refractivity contribution in [1.82, 2.24) is 14.9 Å². The van der Waals surface area contributed by atoms with Crippen LogP contribution in [0, 0.1) is 6.92 Å². The molecule has 0 fully saturated rings. The van der Waals surface area contributed by atoms with Crippen molar-refractivity contribution in [3.05, 3.63) is 58.9 Å². The Hall–Kier alpha value is -2.96. The van der Waals surface area contributed by atoms with Crippen LogP contribution < -0.4 is 10.1 Å². The molecule has 7 heteroatoms. The predicted molar refractivity (Wildman–Crippen MR) is 94.6 cm³/mol. The lowest BCUT2D eigenvalue weighted by Gasteiger charge is -2.13. The quantitative estimate of drug-likeness (QED) is 0.755. The van der Waals surface area contributed by atoms with E-state index in [2.05, 4.69) is 10.3 Å². The van der Waals surface area contributed by atoms with Crippen LogP contribution in [-0.2, 0) is 13.6 Å². The number of amides is 1. The molecular weight excluding hydrogens is 340 g/mol. The van der Waals surface area contributed by atoms with Crippen LogP contribution in [0.2, 0.25) is 0 Å². The molecule has 1 heterocycles. The number of halogens is 2. The van der Waals surface area contributed by atoms with Crippen LogP contribution >= 0.6 is 0 Å². The first kappa shape index (κ1) is 17.8. The first-order valence-electron chi connectivity index (χ1n) is 8.08. The van der Waals surface area contributed by atoms with Crippen molar-refractivity contribution in [3.8, 4) is 5.75 Å². The minimum atomic E-state index is -2.71. The van der Waals surface area contributed by atoms with Crippen LogP contribution in [0.1, 0.15) is 33.7 Å². The summed E-state index contributed by atoms with van der Waals surface area (Å²) in [7, 11) is 3.42. The summed E-state index contributed by atoms with van der Waals surface area (Å²) in [6, 6.07) is 9.32. The summed E-state index contributed by atoms with van der Waals surface area (Å²) in [5.74, 6) is 0.866. The number of aromatic nitrogens is 2. The van der Waals surface area contributed by atoms with E-state index in [1.165, 1.54) is 18.2 Å². The topological polar surface area (TPSA) is 56.1 Å². The Morgan fingerprint density at radius 1 is 1.27 bits per heavy atom. The van der Waals surface area contributed by atoms with E-state index in [-0.39, 0.29) is 17.7 Å². The summed E-state index contributed by atoms with van der Waals surface area (Å²) in [6.45, 7) is 2.02. The van der Waals surface area contributed by atoms with E-state index in [1.807, 2.05) is 24.6 Å². The molecule has 3 aromatic rings. The van der Waals surface area contributed by atoms with Crippen LogP contribution in [0.15, 0.2) is 36.4 Å². The molecule has 0 bridgehead atoms. The van der Waals surface area contributed by atoms with E-state index in [9.17, 15) is 13.6 Å². The molecule has 1 N–H and O–H groups in total. The number of imidazole rings is 1. The molecule has 0 saturated carbocycles. The number of alkyl halides is 2. The van der Waals surface area contributed by atoms with Crippen molar-refractivity contribution in [1.29, 1.82) is 0 Å². The molecule has 0 aliphatic rings. The number of ether oxygens (including phenoxy) is 1. The van der Waals surface area contributed by atoms with Crippen molar-refractivity contribution in [2.45, 2.75) is 19.9 Å². The van der Waals surface area contributed by atoms with Crippen LogP contribution in [0.3, 0.4) is 0 Å². The average molecular weight is 359 g/mol. The van der Waals surface area contributed by atoms with Gasteiger partial charge < -0.3 is 14.6 Å². The highest BCUT2D eigenvalue weighted by Crippen LogP contribution is 2.28. The standard InChI is InChI=1S/C19H19F2N3O2/c1-11-23-15-8-9-16(26-3)14(17(15)24(11)2)10-22-19(25)13-7-5-4-6-12(13)18(20)21/h4-9,18H,10H2,1-3H3,(H,22,25). The third kappa shape index (κ3) is 3.12. The van der Waals surface area contributed by atoms with Gasteiger partial charge in [0, 0.05) is 30.3 Å². The van der Waals surface area contributed by atoms with E-state index in [0.717, 1.165) is 22.4 Å². The molecule has 1 amide bonds. The molecule has 3 rings (SSSR count). The summed E-state index contributed by atoms with van der Waals surface area (Å²) < 4.78 is 33.6. The summed E-state index contributed by atoms with van der Waals surface area (Å²) >= 11 is 0. The Labute approximate surface area is 149 Å². The molecule has 0 aliphatic heterocycles. The maximum Gasteiger partial charge on any atom is 0.264 e. The number of carbonyl (C=O) groups excluding carboxylic acids is 1. The number of carbonyl (C=O) groups is 1. The van der Waals surface area contributed by atoms with Gasteiger partial charge >= 0.3 is 0 Å².